The van der Waals surface area contributed by atoms with Gasteiger partial charge in [-0.05, 0) is 30.2 Å². The van der Waals surface area contributed by atoms with Crippen molar-refractivity contribution in [2.75, 3.05) is 31.6 Å². The van der Waals surface area contributed by atoms with Crippen molar-refractivity contribution in [2.45, 2.75) is 38.5 Å². The average molecular weight is 468 g/mol. The first-order valence-electron chi connectivity index (χ1n) is 11.9. The van der Waals surface area contributed by atoms with Crippen LogP contribution in [0.2, 0.25) is 0 Å². The number of ether oxygens (including phenoxy) is 1. The van der Waals surface area contributed by atoms with E-state index >= 15 is 0 Å². The van der Waals surface area contributed by atoms with E-state index in [0.717, 1.165) is 18.7 Å². The van der Waals surface area contributed by atoms with Crippen LogP contribution in [0.25, 0.3) is 0 Å². The summed E-state index contributed by atoms with van der Waals surface area (Å²) in [4.78, 5) is 40.4. The number of carbonyl (C=O) groups is 3. The molecule has 0 bridgehead atoms. The molecule has 0 radical (unpaired) electrons. The highest BCUT2D eigenvalue weighted by atomic mass is 19.1. The Hall–Kier alpha value is -3.30. The van der Waals surface area contributed by atoms with Gasteiger partial charge < -0.3 is 15.0 Å². The number of anilines is 1. The molecular weight excluding hydrogens is 439 g/mol. The molecule has 2 fully saturated rings. The summed E-state index contributed by atoms with van der Waals surface area (Å²) in [6, 6.07) is 8.56. The van der Waals surface area contributed by atoms with Crippen molar-refractivity contribution in [1.29, 1.82) is 0 Å². The van der Waals surface area contributed by atoms with Gasteiger partial charge in [0.05, 0.1) is 14.6 Å². The van der Waals surface area contributed by atoms with E-state index in [1.807, 2.05) is 6.07 Å². The molecular formula is C25H27FN4O4. The van der Waals surface area contributed by atoms with E-state index in [4.69, 9.17) is 6.11 Å². The van der Waals surface area contributed by atoms with Gasteiger partial charge in [-0.25, -0.2) is 4.39 Å². The third-order valence-corrected chi connectivity index (χ3v) is 6.49. The zero-order valence-corrected chi connectivity index (χ0v) is 18.7. The lowest BCUT2D eigenvalue weighted by Crippen LogP contribution is -2.52. The van der Waals surface area contributed by atoms with Crippen LogP contribution in [0.5, 0.6) is 0 Å². The minimum Gasteiger partial charge on any atom is -0.381 e. The number of nitrogens with one attached hydrogen (secondary N) is 2. The predicted octanol–water partition coefficient (Wildman–Crippen LogP) is 2.03. The number of hydrogen-bond donors (Lipinski definition) is 2. The first-order chi connectivity index (χ1) is 16.8. The fourth-order valence-corrected chi connectivity index (χ4v) is 4.62. The summed E-state index contributed by atoms with van der Waals surface area (Å²) in [7, 11) is 0. The van der Waals surface area contributed by atoms with Crippen molar-refractivity contribution in [1.82, 2.24) is 15.1 Å². The number of piperidine rings is 1. The molecule has 3 amide bonds. The lowest BCUT2D eigenvalue weighted by molar-refractivity contribution is -0.136. The van der Waals surface area contributed by atoms with Crippen molar-refractivity contribution in [3.8, 4) is 0 Å². The van der Waals surface area contributed by atoms with Crippen molar-refractivity contribution in [3.63, 3.8) is 0 Å². The van der Waals surface area contributed by atoms with Gasteiger partial charge in [0.1, 0.15) is 11.8 Å². The summed E-state index contributed by atoms with van der Waals surface area (Å²) in [6.45, 7) is 3.99. The molecule has 34 heavy (non-hydrogen) atoms. The second kappa shape index (κ2) is 9.52. The van der Waals surface area contributed by atoms with Crippen LogP contribution < -0.4 is 10.6 Å². The van der Waals surface area contributed by atoms with Gasteiger partial charge in [0, 0.05) is 61.5 Å². The largest absolute Gasteiger partial charge is 0.381 e. The van der Waals surface area contributed by atoms with Gasteiger partial charge in [0.15, 0.2) is 0 Å². The summed E-state index contributed by atoms with van der Waals surface area (Å²) < 4.78 is 28.8. The lowest BCUT2D eigenvalue weighted by atomic mass is 10.0. The van der Waals surface area contributed by atoms with E-state index < -0.39 is 23.7 Å². The van der Waals surface area contributed by atoms with Gasteiger partial charge in [0.25, 0.3) is 5.91 Å². The number of imide groups is 1. The smallest absolute Gasteiger partial charge is 0.255 e. The quantitative estimate of drug-likeness (QED) is 0.632. The molecule has 178 valence electrons. The summed E-state index contributed by atoms with van der Waals surface area (Å²) >= 11 is 0. The van der Waals surface area contributed by atoms with Gasteiger partial charge in [0.2, 0.25) is 11.8 Å². The number of morpholine rings is 1. The first-order valence-corrected chi connectivity index (χ1v) is 11.4. The third-order valence-electron chi connectivity index (χ3n) is 6.49. The summed E-state index contributed by atoms with van der Waals surface area (Å²) in [5.41, 5.74) is 3.09. The van der Waals surface area contributed by atoms with Crippen LogP contribution in [-0.2, 0) is 34.0 Å². The SMILES string of the molecule is [2H][C@]1(N2Cc3c(NCc4ccc(CN5CCOCC5)cc4F)cccc3C2=O)CCC(=O)NC1=O. The Morgan fingerprint density at radius 3 is 2.76 bits per heavy atom. The molecule has 0 spiro atoms. The second-order valence-electron chi connectivity index (χ2n) is 8.71. The molecule has 2 N–H and O–H groups in total. The van der Waals surface area contributed by atoms with E-state index in [1.165, 1.54) is 4.90 Å². The number of carbonyl (C=O) groups excluding carboxylic acids is 3. The second-order valence-corrected chi connectivity index (χ2v) is 8.71. The highest BCUT2D eigenvalue weighted by Gasteiger charge is 2.39. The Kier molecular flexibility index (Phi) is 5.95. The molecule has 0 aliphatic carbocycles. The normalized spacial score (nSPS) is 23.5. The molecule has 1 atom stereocenters. The Morgan fingerprint density at radius 1 is 1.18 bits per heavy atom. The highest BCUT2D eigenvalue weighted by molar-refractivity contribution is 6.06. The minimum absolute atomic E-state index is 0.00127. The molecule has 0 unspecified atom stereocenters. The van der Waals surface area contributed by atoms with Crippen LogP contribution >= 0.6 is 0 Å². The fourth-order valence-electron chi connectivity index (χ4n) is 4.62. The van der Waals surface area contributed by atoms with Crippen LogP contribution in [0.4, 0.5) is 10.1 Å². The van der Waals surface area contributed by atoms with E-state index in [9.17, 15) is 18.8 Å². The fraction of sp³-hybridized carbons (Fsp3) is 0.400. The molecule has 3 heterocycles. The number of benzene rings is 2. The Labute approximate surface area is 198 Å². The summed E-state index contributed by atoms with van der Waals surface area (Å²) in [5, 5.41) is 5.38. The van der Waals surface area contributed by atoms with Crippen molar-refractivity contribution in [3.05, 3.63) is 64.5 Å². The average Bonchev–Trinajstić information content (AvgIpc) is 3.20. The molecule has 5 rings (SSSR count). The van der Waals surface area contributed by atoms with Gasteiger partial charge >= 0.3 is 0 Å². The standard InChI is InChI=1S/C25H27FN4O4/c26-20-12-16(14-29-8-10-34-11-9-29)4-5-17(20)13-27-21-3-1-2-18-19(21)15-30(25(18)33)22-6-7-23(31)28-24(22)32/h1-5,12,22,27H,6-11,13-15H2,(H,28,31,32)/t22-/m0/s1/i22D. The minimum atomic E-state index is -1.84. The zero-order valence-electron chi connectivity index (χ0n) is 19.7. The van der Waals surface area contributed by atoms with Crippen LogP contribution in [0.1, 0.15) is 41.3 Å². The highest BCUT2D eigenvalue weighted by Crippen LogP contribution is 2.32. The van der Waals surface area contributed by atoms with E-state index in [2.05, 4.69) is 15.5 Å². The van der Waals surface area contributed by atoms with Crippen molar-refractivity contribution >= 4 is 23.4 Å². The maximum atomic E-state index is 14.8. The molecule has 3 aliphatic rings. The van der Waals surface area contributed by atoms with E-state index in [0.29, 0.717) is 42.1 Å². The van der Waals surface area contributed by atoms with Crippen molar-refractivity contribution in [2.24, 2.45) is 0 Å². The van der Waals surface area contributed by atoms with Crippen LogP contribution in [-0.4, -0.2) is 59.8 Å². The molecule has 2 aromatic rings. The van der Waals surface area contributed by atoms with Gasteiger partial charge in [-0.1, -0.05) is 18.2 Å². The maximum absolute atomic E-state index is 14.8. The third kappa shape index (κ3) is 4.53. The Morgan fingerprint density at radius 2 is 2.00 bits per heavy atom. The van der Waals surface area contributed by atoms with E-state index in [1.54, 1.807) is 30.3 Å². The first kappa shape index (κ1) is 21.2. The zero-order chi connectivity index (χ0) is 24.6. The molecule has 2 saturated heterocycles. The van der Waals surface area contributed by atoms with Crippen LogP contribution in [0.3, 0.4) is 0 Å². The topological polar surface area (TPSA) is 91.0 Å². The van der Waals surface area contributed by atoms with Crippen LogP contribution in [0.15, 0.2) is 36.4 Å². The van der Waals surface area contributed by atoms with Crippen molar-refractivity contribution < 1.29 is 24.9 Å². The molecule has 3 aliphatic heterocycles. The number of rotatable bonds is 6. The number of nitrogens with zero attached hydrogens (tertiary/aromatic N) is 2. The summed E-state index contributed by atoms with van der Waals surface area (Å²) in [5.74, 6) is -1.96. The maximum Gasteiger partial charge on any atom is 0.255 e. The predicted molar refractivity (Wildman–Crippen MR) is 122 cm³/mol. The Balaban J connectivity index is 1.28. The van der Waals surface area contributed by atoms with Gasteiger partial charge in [-0.2, -0.15) is 0 Å². The number of hydrogen-bond acceptors (Lipinski definition) is 6. The van der Waals surface area contributed by atoms with E-state index in [-0.39, 0.29) is 31.7 Å². The number of fused-ring (bicyclic) bond motifs is 1. The molecule has 8 nitrogen and oxygen atoms in total. The number of amides is 3. The monoisotopic (exact) mass is 467 g/mol. The Bertz CT molecular complexity index is 1190. The molecule has 0 saturated carbocycles. The lowest BCUT2D eigenvalue weighted by Gasteiger charge is -2.29. The van der Waals surface area contributed by atoms with Gasteiger partial charge in [-0.3, -0.25) is 24.6 Å². The summed E-state index contributed by atoms with van der Waals surface area (Å²) in [6.07, 6.45) is -0.0521. The molecule has 9 heteroatoms. The van der Waals surface area contributed by atoms with Crippen LogP contribution in [0, 0.1) is 5.82 Å². The molecule has 2 aromatic carbocycles. The number of halogens is 1. The molecule has 0 aromatic heterocycles. The van der Waals surface area contributed by atoms with Gasteiger partial charge in [-0.15, -0.1) is 0 Å².